The van der Waals surface area contributed by atoms with Crippen LogP contribution in [0.15, 0.2) is 0 Å². The summed E-state index contributed by atoms with van der Waals surface area (Å²) in [6.45, 7) is 0. The number of aliphatic carboxylic acids is 2. The maximum absolute atomic E-state index is 10.4. The van der Waals surface area contributed by atoms with Crippen molar-refractivity contribution in [3.8, 4) is 0 Å². The van der Waals surface area contributed by atoms with Crippen molar-refractivity contribution in [1.29, 1.82) is 0 Å². The summed E-state index contributed by atoms with van der Waals surface area (Å²) in [6.07, 6.45) is 0.259. The van der Waals surface area contributed by atoms with Gasteiger partial charge in [-0.3, -0.25) is 9.59 Å². The summed E-state index contributed by atoms with van der Waals surface area (Å²) in [7, 11) is 0. The second kappa shape index (κ2) is 3.13. The zero-order valence-corrected chi connectivity index (χ0v) is 6.50. The van der Waals surface area contributed by atoms with E-state index in [9.17, 15) is 9.59 Å². The smallest absolute Gasteiger partial charge is 0.316 e. The molecule has 1 aliphatic rings. The standard InChI is InChI=1S/C6H8O4S/c7-5(8)3-1-4(6(9)10)11-2-3/h3-4H,1-2H2,(H,7,8)(H,9,10)/t3-,4+/m1/s1. The van der Waals surface area contributed by atoms with Crippen LogP contribution in [0.2, 0.25) is 0 Å². The van der Waals surface area contributed by atoms with Gasteiger partial charge in [-0.15, -0.1) is 11.8 Å². The third-order valence-electron chi connectivity index (χ3n) is 1.62. The van der Waals surface area contributed by atoms with Crippen molar-refractivity contribution < 1.29 is 19.8 Å². The second-order valence-electron chi connectivity index (χ2n) is 2.43. The molecule has 1 heterocycles. The second-order valence-corrected chi connectivity index (χ2v) is 3.67. The molecule has 4 nitrogen and oxygen atoms in total. The lowest BCUT2D eigenvalue weighted by molar-refractivity contribution is -0.141. The average molecular weight is 176 g/mol. The molecule has 0 unspecified atom stereocenters. The summed E-state index contributed by atoms with van der Waals surface area (Å²) in [5.74, 6) is -1.84. The summed E-state index contributed by atoms with van der Waals surface area (Å²) in [5, 5.41) is 16.5. The highest BCUT2D eigenvalue weighted by molar-refractivity contribution is 8.00. The molecule has 0 saturated carbocycles. The quantitative estimate of drug-likeness (QED) is 0.632. The Bertz CT molecular complexity index is 171. The lowest BCUT2D eigenvalue weighted by atomic mass is 10.1. The van der Waals surface area contributed by atoms with E-state index < -0.39 is 23.1 Å². The Morgan fingerprint density at radius 1 is 1.27 bits per heavy atom. The van der Waals surface area contributed by atoms with Crippen LogP contribution in [0.3, 0.4) is 0 Å². The molecule has 2 atom stereocenters. The highest BCUT2D eigenvalue weighted by atomic mass is 32.2. The maximum atomic E-state index is 10.4. The van der Waals surface area contributed by atoms with Gasteiger partial charge in [0.2, 0.25) is 0 Å². The van der Waals surface area contributed by atoms with E-state index in [0.29, 0.717) is 5.75 Å². The van der Waals surface area contributed by atoms with Crippen LogP contribution >= 0.6 is 11.8 Å². The topological polar surface area (TPSA) is 74.6 Å². The number of hydrogen-bond acceptors (Lipinski definition) is 3. The van der Waals surface area contributed by atoms with Gasteiger partial charge in [0, 0.05) is 5.75 Å². The molecule has 1 saturated heterocycles. The highest BCUT2D eigenvalue weighted by Gasteiger charge is 2.34. The minimum atomic E-state index is -0.904. The van der Waals surface area contributed by atoms with Crippen LogP contribution in [0.1, 0.15) is 6.42 Å². The first-order valence-electron chi connectivity index (χ1n) is 3.18. The first-order valence-corrected chi connectivity index (χ1v) is 4.23. The number of hydrogen-bond donors (Lipinski definition) is 2. The summed E-state index contributed by atoms with van der Waals surface area (Å²) in [4.78, 5) is 20.7. The largest absolute Gasteiger partial charge is 0.481 e. The van der Waals surface area contributed by atoms with E-state index in [-0.39, 0.29) is 6.42 Å². The van der Waals surface area contributed by atoms with Crippen LogP contribution in [-0.4, -0.2) is 33.2 Å². The van der Waals surface area contributed by atoms with E-state index in [1.54, 1.807) is 0 Å². The molecule has 11 heavy (non-hydrogen) atoms. The Labute approximate surface area is 67.6 Å². The number of carboxylic acids is 2. The fourth-order valence-electron chi connectivity index (χ4n) is 0.971. The van der Waals surface area contributed by atoms with E-state index in [2.05, 4.69) is 0 Å². The fourth-order valence-corrected chi connectivity index (χ4v) is 2.23. The predicted octanol–water partition coefficient (Wildman–Crippen LogP) is 0.277. The first-order chi connectivity index (χ1) is 5.11. The molecule has 2 N–H and O–H groups in total. The Kier molecular flexibility index (Phi) is 2.38. The number of rotatable bonds is 2. The SMILES string of the molecule is O=C(O)[C@H]1CS[C@H](C(=O)O)C1. The number of carbonyl (C=O) groups is 2. The molecule has 0 radical (unpaired) electrons. The normalized spacial score (nSPS) is 30.2. The van der Waals surface area contributed by atoms with E-state index in [1.807, 2.05) is 0 Å². The van der Waals surface area contributed by atoms with Crippen molar-refractivity contribution in [2.24, 2.45) is 5.92 Å². The molecule has 1 aliphatic heterocycles. The van der Waals surface area contributed by atoms with Crippen molar-refractivity contribution in [1.82, 2.24) is 0 Å². The zero-order valence-electron chi connectivity index (χ0n) is 5.69. The van der Waals surface area contributed by atoms with Gasteiger partial charge in [0.25, 0.3) is 0 Å². The van der Waals surface area contributed by atoms with Gasteiger partial charge in [-0.1, -0.05) is 0 Å². The lowest BCUT2D eigenvalue weighted by Crippen LogP contribution is -2.17. The minimum Gasteiger partial charge on any atom is -0.481 e. The van der Waals surface area contributed by atoms with Gasteiger partial charge in [-0.05, 0) is 6.42 Å². The van der Waals surface area contributed by atoms with Crippen molar-refractivity contribution >= 4 is 23.7 Å². The molecule has 0 spiro atoms. The van der Waals surface area contributed by atoms with Crippen LogP contribution in [0.5, 0.6) is 0 Å². The molecule has 0 aromatic carbocycles. The van der Waals surface area contributed by atoms with E-state index >= 15 is 0 Å². The molecule has 0 aromatic heterocycles. The van der Waals surface area contributed by atoms with Gasteiger partial charge < -0.3 is 10.2 Å². The molecule has 0 aromatic rings. The van der Waals surface area contributed by atoms with Gasteiger partial charge in [0.05, 0.1) is 5.92 Å². The van der Waals surface area contributed by atoms with E-state index in [1.165, 1.54) is 11.8 Å². The Balaban J connectivity index is 2.47. The minimum absolute atomic E-state index is 0.259. The Hall–Kier alpha value is -0.710. The van der Waals surface area contributed by atoms with Crippen molar-refractivity contribution in [2.45, 2.75) is 11.7 Å². The highest BCUT2D eigenvalue weighted by Crippen LogP contribution is 2.31. The maximum Gasteiger partial charge on any atom is 0.316 e. The van der Waals surface area contributed by atoms with Crippen LogP contribution in [0.4, 0.5) is 0 Å². The van der Waals surface area contributed by atoms with Crippen molar-refractivity contribution in [3.63, 3.8) is 0 Å². The Morgan fingerprint density at radius 2 is 1.91 bits per heavy atom. The molecular weight excluding hydrogens is 168 g/mol. The Morgan fingerprint density at radius 3 is 2.18 bits per heavy atom. The summed E-state index contributed by atoms with van der Waals surface area (Å²) in [6, 6.07) is 0. The molecule has 0 bridgehead atoms. The van der Waals surface area contributed by atoms with Gasteiger partial charge in [0.1, 0.15) is 5.25 Å². The van der Waals surface area contributed by atoms with Crippen molar-refractivity contribution in [2.75, 3.05) is 5.75 Å². The van der Waals surface area contributed by atoms with Crippen LogP contribution < -0.4 is 0 Å². The van der Waals surface area contributed by atoms with Gasteiger partial charge >= 0.3 is 11.9 Å². The molecule has 62 valence electrons. The lowest BCUT2D eigenvalue weighted by Gasteiger charge is -2.00. The first kappa shape index (κ1) is 8.39. The monoisotopic (exact) mass is 176 g/mol. The third-order valence-corrected chi connectivity index (χ3v) is 3.01. The molecule has 1 fully saturated rings. The summed E-state index contributed by atoms with van der Waals surface area (Å²) in [5.41, 5.74) is 0. The molecule has 1 rings (SSSR count). The van der Waals surface area contributed by atoms with Crippen LogP contribution in [0, 0.1) is 5.92 Å². The van der Waals surface area contributed by atoms with Gasteiger partial charge in [-0.25, -0.2) is 0 Å². The van der Waals surface area contributed by atoms with Gasteiger partial charge in [-0.2, -0.15) is 0 Å². The zero-order chi connectivity index (χ0) is 8.43. The molecular formula is C6H8O4S. The van der Waals surface area contributed by atoms with Crippen LogP contribution in [-0.2, 0) is 9.59 Å². The summed E-state index contributed by atoms with van der Waals surface area (Å²) < 4.78 is 0. The molecule has 0 amide bonds. The average Bonchev–Trinajstić information content (AvgIpc) is 2.33. The van der Waals surface area contributed by atoms with E-state index in [0.717, 1.165) is 0 Å². The molecule has 5 heteroatoms. The van der Waals surface area contributed by atoms with E-state index in [4.69, 9.17) is 10.2 Å². The fraction of sp³-hybridized carbons (Fsp3) is 0.667. The number of thioether (sulfide) groups is 1. The summed E-state index contributed by atoms with van der Waals surface area (Å²) >= 11 is 1.21. The van der Waals surface area contributed by atoms with Crippen molar-refractivity contribution in [3.05, 3.63) is 0 Å². The molecule has 0 aliphatic carbocycles. The predicted molar refractivity (Wildman–Crippen MR) is 39.6 cm³/mol. The van der Waals surface area contributed by atoms with Gasteiger partial charge in [0.15, 0.2) is 0 Å². The third kappa shape index (κ3) is 1.86. The number of carboxylic acid groups (broad SMARTS) is 2. The van der Waals surface area contributed by atoms with Crippen LogP contribution in [0.25, 0.3) is 0 Å².